The third-order valence-corrected chi connectivity index (χ3v) is 3.37. The Morgan fingerprint density at radius 1 is 1.47 bits per heavy atom. The van der Waals surface area contributed by atoms with E-state index in [1.54, 1.807) is 6.92 Å². The molecule has 19 heavy (non-hydrogen) atoms. The van der Waals surface area contributed by atoms with Gasteiger partial charge in [-0.05, 0) is 25.8 Å². The Hall–Kier alpha value is -1.78. The molecule has 0 unspecified atom stereocenters. The van der Waals surface area contributed by atoms with Crippen molar-refractivity contribution in [3.63, 3.8) is 0 Å². The summed E-state index contributed by atoms with van der Waals surface area (Å²) in [6.45, 7) is 6.47. The monoisotopic (exact) mass is 262 g/mol. The molecular formula is C14H22N4O. The van der Waals surface area contributed by atoms with Gasteiger partial charge >= 0.3 is 0 Å². The second-order valence-electron chi connectivity index (χ2n) is 4.89. The Bertz CT molecular complexity index is 427. The average molecular weight is 262 g/mol. The average Bonchev–Trinajstić information content (AvgIpc) is 2.40. The largest absolute Gasteiger partial charge is 0.371 e. The summed E-state index contributed by atoms with van der Waals surface area (Å²) in [5.74, 6) is 0.987. The van der Waals surface area contributed by atoms with Crippen LogP contribution in [0.3, 0.4) is 0 Å². The molecule has 1 aromatic heterocycles. The van der Waals surface area contributed by atoms with Crippen LogP contribution in [-0.2, 0) is 4.79 Å². The highest BCUT2D eigenvalue weighted by atomic mass is 16.1. The first-order valence-corrected chi connectivity index (χ1v) is 6.91. The van der Waals surface area contributed by atoms with E-state index in [9.17, 15) is 4.79 Å². The van der Waals surface area contributed by atoms with Gasteiger partial charge in [0.05, 0.1) is 0 Å². The highest BCUT2D eigenvalue weighted by Crippen LogP contribution is 2.21. The number of anilines is 2. The van der Waals surface area contributed by atoms with Gasteiger partial charge in [0.1, 0.15) is 5.82 Å². The maximum Gasteiger partial charge on any atom is 0.217 e. The predicted octanol–water partition coefficient (Wildman–Crippen LogP) is 1.62. The second kappa shape index (κ2) is 6.41. The first-order valence-electron chi connectivity index (χ1n) is 6.91. The molecule has 2 rings (SSSR count). The van der Waals surface area contributed by atoms with Crippen molar-refractivity contribution in [2.24, 2.45) is 0 Å². The number of rotatable bonds is 4. The maximum absolute atomic E-state index is 11.0. The normalized spacial score (nSPS) is 16.2. The maximum atomic E-state index is 11.0. The zero-order chi connectivity index (χ0) is 13.7. The first-order chi connectivity index (χ1) is 9.19. The summed E-state index contributed by atoms with van der Waals surface area (Å²) in [4.78, 5) is 17.7. The summed E-state index contributed by atoms with van der Waals surface area (Å²) in [5.41, 5.74) is 1.20. The zero-order valence-corrected chi connectivity index (χ0v) is 11.6. The second-order valence-corrected chi connectivity index (χ2v) is 4.89. The van der Waals surface area contributed by atoms with E-state index in [4.69, 9.17) is 0 Å². The fourth-order valence-corrected chi connectivity index (χ4v) is 2.46. The van der Waals surface area contributed by atoms with Gasteiger partial charge in [0.2, 0.25) is 5.91 Å². The number of nitrogens with one attached hydrogen (secondary N) is 2. The van der Waals surface area contributed by atoms with Crippen LogP contribution in [-0.4, -0.2) is 36.6 Å². The number of amides is 1. The van der Waals surface area contributed by atoms with Crippen LogP contribution < -0.4 is 15.5 Å². The van der Waals surface area contributed by atoms with Crippen molar-refractivity contribution in [1.82, 2.24) is 10.3 Å². The lowest BCUT2D eigenvalue weighted by Crippen LogP contribution is -2.44. The molecule has 1 aliphatic rings. The Morgan fingerprint density at radius 3 is 2.84 bits per heavy atom. The number of hydrogen-bond donors (Lipinski definition) is 2. The minimum absolute atomic E-state index is 0.0665. The van der Waals surface area contributed by atoms with Crippen LogP contribution in [0.4, 0.5) is 11.5 Å². The Balaban J connectivity index is 1.93. The van der Waals surface area contributed by atoms with E-state index >= 15 is 0 Å². The van der Waals surface area contributed by atoms with Gasteiger partial charge in [-0.15, -0.1) is 0 Å². The molecule has 2 heterocycles. The third-order valence-electron chi connectivity index (χ3n) is 3.37. The van der Waals surface area contributed by atoms with Gasteiger partial charge in [-0.3, -0.25) is 4.79 Å². The molecule has 0 atom stereocenters. The number of piperidine rings is 1. The van der Waals surface area contributed by atoms with Crippen molar-refractivity contribution in [3.8, 4) is 0 Å². The van der Waals surface area contributed by atoms with E-state index in [1.807, 2.05) is 12.3 Å². The number of aromatic nitrogens is 1. The van der Waals surface area contributed by atoms with Crippen molar-refractivity contribution >= 4 is 17.4 Å². The number of nitrogens with zero attached hydrogens (tertiary/aromatic N) is 2. The Morgan fingerprint density at radius 2 is 2.21 bits per heavy atom. The summed E-state index contributed by atoms with van der Waals surface area (Å²) in [6.07, 6.45) is 3.84. The molecule has 5 nitrogen and oxygen atoms in total. The van der Waals surface area contributed by atoms with Gasteiger partial charge in [-0.1, -0.05) is 0 Å². The lowest BCUT2D eigenvalue weighted by atomic mass is 10.0. The van der Waals surface area contributed by atoms with E-state index in [0.29, 0.717) is 6.04 Å². The number of pyridine rings is 1. The molecule has 0 bridgehead atoms. The molecule has 1 amide bonds. The minimum Gasteiger partial charge on any atom is -0.371 e. The van der Waals surface area contributed by atoms with Gasteiger partial charge in [0.25, 0.3) is 0 Å². The minimum atomic E-state index is 0.0665. The van der Waals surface area contributed by atoms with E-state index in [1.165, 1.54) is 5.69 Å². The van der Waals surface area contributed by atoms with Crippen LogP contribution >= 0.6 is 0 Å². The van der Waals surface area contributed by atoms with Crippen LogP contribution in [0.1, 0.15) is 26.7 Å². The summed E-state index contributed by atoms with van der Waals surface area (Å²) in [6, 6.07) is 4.45. The molecule has 5 heteroatoms. The summed E-state index contributed by atoms with van der Waals surface area (Å²) in [7, 11) is 0. The highest BCUT2D eigenvalue weighted by Gasteiger charge is 2.20. The first kappa shape index (κ1) is 13.6. The predicted molar refractivity (Wildman–Crippen MR) is 77.5 cm³/mol. The fourth-order valence-electron chi connectivity index (χ4n) is 2.46. The van der Waals surface area contributed by atoms with Crippen LogP contribution in [0.2, 0.25) is 0 Å². The molecule has 1 aliphatic heterocycles. The fraction of sp³-hybridized carbons (Fsp3) is 0.571. The quantitative estimate of drug-likeness (QED) is 0.865. The van der Waals surface area contributed by atoms with E-state index in [2.05, 4.69) is 33.5 Å². The number of hydrogen-bond acceptors (Lipinski definition) is 4. The molecule has 1 aromatic rings. The van der Waals surface area contributed by atoms with Gasteiger partial charge in [-0.25, -0.2) is 4.98 Å². The van der Waals surface area contributed by atoms with Gasteiger partial charge in [0, 0.05) is 50.6 Å². The van der Waals surface area contributed by atoms with E-state index in [0.717, 1.165) is 38.3 Å². The zero-order valence-electron chi connectivity index (χ0n) is 11.6. The van der Waals surface area contributed by atoms with E-state index < -0.39 is 0 Å². The molecule has 0 spiro atoms. The topological polar surface area (TPSA) is 57.3 Å². The summed E-state index contributed by atoms with van der Waals surface area (Å²) < 4.78 is 0. The molecule has 1 saturated heterocycles. The molecular weight excluding hydrogens is 240 g/mol. The number of carbonyl (C=O) groups excluding carboxylic acids is 1. The smallest absolute Gasteiger partial charge is 0.217 e. The van der Waals surface area contributed by atoms with Crippen LogP contribution in [0.15, 0.2) is 18.3 Å². The molecule has 0 radical (unpaired) electrons. The van der Waals surface area contributed by atoms with Crippen molar-refractivity contribution in [3.05, 3.63) is 18.3 Å². The Kier molecular flexibility index (Phi) is 4.60. The Labute approximate surface area is 114 Å². The van der Waals surface area contributed by atoms with Crippen molar-refractivity contribution in [1.29, 1.82) is 0 Å². The van der Waals surface area contributed by atoms with Crippen LogP contribution in [0, 0.1) is 0 Å². The summed E-state index contributed by atoms with van der Waals surface area (Å²) in [5, 5.41) is 6.22. The third kappa shape index (κ3) is 3.84. The van der Waals surface area contributed by atoms with Crippen LogP contribution in [0.5, 0.6) is 0 Å². The van der Waals surface area contributed by atoms with Gasteiger partial charge < -0.3 is 15.5 Å². The van der Waals surface area contributed by atoms with E-state index in [-0.39, 0.29) is 5.91 Å². The molecule has 104 valence electrons. The van der Waals surface area contributed by atoms with Gasteiger partial charge in [0.15, 0.2) is 0 Å². The highest BCUT2D eigenvalue weighted by molar-refractivity contribution is 5.73. The molecule has 2 N–H and O–H groups in total. The standard InChI is InChI=1S/C14H22N4O/c1-3-15-14-10-13(4-7-16-14)18-8-5-12(6-9-18)17-11(2)19/h4,7,10,12H,3,5-6,8-9H2,1-2H3,(H,15,16)(H,17,19). The summed E-state index contributed by atoms with van der Waals surface area (Å²) >= 11 is 0. The van der Waals surface area contributed by atoms with Crippen LogP contribution in [0.25, 0.3) is 0 Å². The SMILES string of the molecule is CCNc1cc(N2CCC(NC(C)=O)CC2)ccn1. The van der Waals surface area contributed by atoms with Crippen molar-refractivity contribution in [2.45, 2.75) is 32.7 Å². The molecule has 0 aliphatic carbocycles. The number of carbonyl (C=O) groups is 1. The van der Waals surface area contributed by atoms with Crippen molar-refractivity contribution < 1.29 is 4.79 Å². The lowest BCUT2D eigenvalue weighted by Gasteiger charge is -2.33. The molecule has 1 fully saturated rings. The van der Waals surface area contributed by atoms with Gasteiger partial charge in [-0.2, -0.15) is 0 Å². The lowest BCUT2D eigenvalue weighted by molar-refractivity contribution is -0.119. The molecule has 0 saturated carbocycles. The van der Waals surface area contributed by atoms with Crippen molar-refractivity contribution in [2.75, 3.05) is 29.9 Å². The molecule has 0 aromatic carbocycles.